The van der Waals surface area contributed by atoms with Crippen molar-refractivity contribution in [2.45, 2.75) is 24.8 Å². The van der Waals surface area contributed by atoms with Gasteiger partial charge in [-0.2, -0.15) is 0 Å². The molecule has 0 spiro atoms. The van der Waals surface area contributed by atoms with Crippen LogP contribution in [0.15, 0.2) is 77.7 Å². The smallest absolute Gasteiger partial charge is 0.265 e. The first-order chi connectivity index (χ1) is 14.8. The third-order valence-corrected chi connectivity index (χ3v) is 5.87. The highest BCUT2D eigenvalue weighted by atomic mass is 32.2. The van der Waals surface area contributed by atoms with Gasteiger partial charge in [0, 0.05) is 5.69 Å². The topological polar surface area (TPSA) is 93.7 Å². The van der Waals surface area contributed by atoms with E-state index < -0.39 is 16.1 Å². The molecule has 3 rings (SSSR count). The monoisotopic (exact) mass is 440 g/mol. The quantitative estimate of drug-likeness (QED) is 0.547. The van der Waals surface area contributed by atoms with Crippen LogP contribution in [0.5, 0.6) is 11.5 Å². The van der Waals surface area contributed by atoms with Crippen LogP contribution in [-0.4, -0.2) is 27.5 Å². The van der Waals surface area contributed by atoms with Crippen molar-refractivity contribution in [3.8, 4) is 11.5 Å². The molecule has 7 nitrogen and oxygen atoms in total. The predicted octanol–water partition coefficient (Wildman–Crippen LogP) is 4.21. The zero-order valence-corrected chi connectivity index (χ0v) is 18.3. The number of methoxy groups -OCH3 is 1. The Labute approximate surface area is 182 Å². The maximum absolute atomic E-state index is 12.7. The van der Waals surface area contributed by atoms with Gasteiger partial charge in [0.1, 0.15) is 11.5 Å². The van der Waals surface area contributed by atoms with Gasteiger partial charge in [0.05, 0.1) is 17.7 Å². The van der Waals surface area contributed by atoms with Gasteiger partial charge in [-0.05, 0) is 62.4 Å². The number of para-hydroxylation sites is 2. The number of benzene rings is 3. The van der Waals surface area contributed by atoms with Crippen LogP contribution >= 0.6 is 0 Å². The molecule has 0 fully saturated rings. The maximum atomic E-state index is 12.7. The third-order valence-electron chi connectivity index (χ3n) is 4.49. The lowest BCUT2D eigenvalue weighted by molar-refractivity contribution is -0.122. The van der Waals surface area contributed by atoms with E-state index in [2.05, 4.69) is 10.0 Å². The SMILES string of the molecule is COc1ccccc1NS(=O)(=O)c1ccc(NC(=O)C(C)Oc2ccc(C)cc2)cc1. The van der Waals surface area contributed by atoms with Crippen LogP contribution in [0.3, 0.4) is 0 Å². The van der Waals surface area contributed by atoms with E-state index in [1.54, 1.807) is 43.3 Å². The van der Waals surface area contributed by atoms with Gasteiger partial charge in [-0.15, -0.1) is 0 Å². The molecule has 2 N–H and O–H groups in total. The van der Waals surface area contributed by atoms with E-state index in [1.807, 2.05) is 19.1 Å². The second kappa shape index (κ2) is 9.53. The molecule has 0 radical (unpaired) electrons. The second-order valence-electron chi connectivity index (χ2n) is 6.89. The largest absolute Gasteiger partial charge is 0.495 e. The molecule has 0 saturated carbocycles. The van der Waals surface area contributed by atoms with Crippen LogP contribution in [0.1, 0.15) is 12.5 Å². The van der Waals surface area contributed by atoms with Crippen molar-refractivity contribution < 1.29 is 22.7 Å². The minimum atomic E-state index is -3.82. The Morgan fingerprint density at radius 1 is 0.935 bits per heavy atom. The lowest BCUT2D eigenvalue weighted by Crippen LogP contribution is -2.30. The number of aryl methyl sites for hydroxylation is 1. The van der Waals surface area contributed by atoms with Crippen molar-refractivity contribution >= 4 is 27.3 Å². The Morgan fingerprint density at radius 3 is 2.23 bits per heavy atom. The fourth-order valence-electron chi connectivity index (χ4n) is 2.77. The van der Waals surface area contributed by atoms with Crippen LogP contribution in [-0.2, 0) is 14.8 Å². The van der Waals surface area contributed by atoms with Crippen molar-refractivity contribution in [1.29, 1.82) is 0 Å². The van der Waals surface area contributed by atoms with Gasteiger partial charge in [0.2, 0.25) is 0 Å². The molecule has 3 aromatic rings. The van der Waals surface area contributed by atoms with E-state index in [0.717, 1.165) is 5.56 Å². The highest BCUT2D eigenvalue weighted by Crippen LogP contribution is 2.26. The van der Waals surface area contributed by atoms with E-state index >= 15 is 0 Å². The molecular weight excluding hydrogens is 416 g/mol. The predicted molar refractivity (Wildman–Crippen MR) is 120 cm³/mol. The molecular formula is C23H24N2O5S. The first kappa shape index (κ1) is 22.2. The van der Waals surface area contributed by atoms with E-state index in [9.17, 15) is 13.2 Å². The molecule has 1 atom stereocenters. The standard InChI is InChI=1S/C23H24N2O5S/c1-16-8-12-19(13-9-16)30-17(2)23(26)24-18-10-14-20(15-11-18)31(27,28)25-21-6-4-5-7-22(21)29-3/h4-15,17,25H,1-3H3,(H,24,26). The van der Waals surface area contributed by atoms with Gasteiger partial charge in [0.15, 0.2) is 6.10 Å². The number of hydrogen-bond acceptors (Lipinski definition) is 5. The molecule has 0 bridgehead atoms. The Bertz CT molecular complexity index is 1140. The molecule has 1 unspecified atom stereocenters. The summed E-state index contributed by atoms with van der Waals surface area (Å²) in [5.41, 5.74) is 1.89. The summed E-state index contributed by atoms with van der Waals surface area (Å²) in [6.07, 6.45) is -0.724. The summed E-state index contributed by atoms with van der Waals surface area (Å²) >= 11 is 0. The van der Waals surface area contributed by atoms with Crippen molar-refractivity contribution in [1.82, 2.24) is 0 Å². The summed E-state index contributed by atoms with van der Waals surface area (Å²) in [7, 11) is -2.35. The lowest BCUT2D eigenvalue weighted by atomic mass is 10.2. The number of hydrogen-bond donors (Lipinski definition) is 2. The van der Waals surface area contributed by atoms with E-state index in [-0.39, 0.29) is 10.8 Å². The van der Waals surface area contributed by atoms with Gasteiger partial charge in [0.25, 0.3) is 15.9 Å². The zero-order valence-electron chi connectivity index (χ0n) is 17.5. The average Bonchev–Trinajstić information content (AvgIpc) is 2.76. The summed E-state index contributed by atoms with van der Waals surface area (Å²) in [6, 6.07) is 20.0. The maximum Gasteiger partial charge on any atom is 0.265 e. The summed E-state index contributed by atoms with van der Waals surface area (Å²) in [5.74, 6) is 0.665. The molecule has 0 aliphatic heterocycles. The Hall–Kier alpha value is -3.52. The lowest BCUT2D eigenvalue weighted by Gasteiger charge is -2.15. The van der Waals surface area contributed by atoms with Crippen molar-refractivity contribution in [2.75, 3.05) is 17.1 Å². The summed E-state index contributed by atoms with van der Waals surface area (Å²) in [4.78, 5) is 12.5. The Morgan fingerprint density at radius 2 is 1.58 bits per heavy atom. The van der Waals surface area contributed by atoms with Gasteiger partial charge < -0.3 is 14.8 Å². The molecule has 0 saturated heterocycles. The molecule has 0 aliphatic rings. The molecule has 8 heteroatoms. The Balaban J connectivity index is 1.65. The minimum absolute atomic E-state index is 0.0559. The number of carbonyl (C=O) groups excluding carboxylic acids is 1. The zero-order chi connectivity index (χ0) is 22.4. The fourth-order valence-corrected chi connectivity index (χ4v) is 3.84. The van der Waals surface area contributed by atoms with Crippen LogP contribution in [0.25, 0.3) is 0 Å². The first-order valence-electron chi connectivity index (χ1n) is 9.58. The average molecular weight is 441 g/mol. The number of nitrogens with one attached hydrogen (secondary N) is 2. The molecule has 0 aliphatic carbocycles. The van der Waals surface area contributed by atoms with Gasteiger partial charge in [-0.1, -0.05) is 29.8 Å². The normalized spacial score (nSPS) is 12.0. The van der Waals surface area contributed by atoms with Crippen molar-refractivity contribution in [3.05, 3.63) is 78.4 Å². The number of rotatable bonds is 8. The number of anilines is 2. The molecule has 3 aromatic carbocycles. The first-order valence-corrected chi connectivity index (χ1v) is 11.1. The molecule has 31 heavy (non-hydrogen) atoms. The number of ether oxygens (including phenoxy) is 2. The molecule has 162 valence electrons. The van der Waals surface area contributed by atoms with Crippen molar-refractivity contribution in [2.24, 2.45) is 0 Å². The molecule has 0 heterocycles. The van der Waals surface area contributed by atoms with Crippen molar-refractivity contribution in [3.63, 3.8) is 0 Å². The summed E-state index contributed by atoms with van der Waals surface area (Å²) in [6.45, 7) is 3.61. The van der Waals surface area contributed by atoms with Crippen LogP contribution in [0.2, 0.25) is 0 Å². The highest BCUT2D eigenvalue weighted by Gasteiger charge is 2.18. The Kier molecular flexibility index (Phi) is 6.81. The summed E-state index contributed by atoms with van der Waals surface area (Å²) < 4.78 is 38.6. The highest BCUT2D eigenvalue weighted by molar-refractivity contribution is 7.92. The van der Waals surface area contributed by atoms with Gasteiger partial charge in [-0.25, -0.2) is 8.42 Å². The van der Waals surface area contributed by atoms with Crippen LogP contribution < -0.4 is 19.5 Å². The number of carbonyl (C=O) groups is 1. The molecule has 0 aromatic heterocycles. The van der Waals surface area contributed by atoms with Crippen LogP contribution in [0, 0.1) is 6.92 Å². The van der Waals surface area contributed by atoms with Gasteiger partial charge >= 0.3 is 0 Å². The number of sulfonamides is 1. The van der Waals surface area contributed by atoms with E-state index in [1.165, 1.54) is 31.4 Å². The summed E-state index contributed by atoms with van der Waals surface area (Å²) in [5, 5.41) is 2.72. The fraction of sp³-hybridized carbons (Fsp3) is 0.174. The second-order valence-corrected chi connectivity index (χ2v) is 8.57. The van der Waals surface area contributed by atoms with Gasteiger partial charge in [-0.3, -0.25) is 9.52 Å². The van der Waals surface area contributed by atoms with E-state index in [4.69, 9.17) is 9.47 Å². The number of amides is 1. The molecule has 1 amide bonds. The minimum Gasteiger partial charge on any atom is -0.495 e. The third kappa shape index (κ3) is 5.76. The van der Waals surface area contributed by atoms with Crippen LogP contribution in [0.4, 0.5) is 11.4 Å². The van der Waals surface area contributed by atoms with E-state index in [0.29, 0.717) is 22.9 Å².